The predicted molar refractivity (Wildman–Crippen MR) is 106 cm³/mol. The van der Waals surface area contributed by atoms with E-state index in [2.05, 4.69) is 64.5 Å². The molecule has 0 aromatic rings. The molecule has 0 amide bonds. The first-order valence-electron chi connectivity index (χ1n) is 7.34. The van der Waals surface area contributed by atoms with E-state index in [9.17, 15) is 0 Å². The summed E-state index contributed by atoms with van der Waals surface area (Å²) in [6.45, 7) is 14.4. The lowest BCUT2D eigenvalue weighted by molar-refractivity contribution is 0.331. The van der Waals surface area contributed by atoms with Gasteiger partial charge in [0.05, 0.1) is 0 Å². The van der Waals surface area contributed by atoms with Crippen molar-refractivity contribution >= 4 is 61.4 Å². The average Bonchev–Trinajstić information content (AvgIpc) is 2.38. The molecule has 0 fully saturated rings. The van der Waals surface area contributed by atoms with Gasteiger partial charge in [-0.1, -0.05) is 12.2 Å². The molecule has 0 N–H and O–H groups in total. The van der Waals surface area contributed by atoms with E-state index in [1.807, 2.05) is 0 Å². The van der Waals surface area contributed by atoms with Crippen molar-refractivity contribution in [2.75, 3.05) is 13.1 Å². The molecule has 1 rings (SSSR count). The topological polar surface area (TPSA) is 43.6 Å². The summed E-state index contributed by atoms with van der Waals surface area (Å²) in [5.74, 6) is 0. The quantitative estimate of drug-likeness (QED) is 0.532. The van der Waals surface area contributed by atoms with E-state index >= 15 is 0 Å². The third kappa shape index (κ3) is 5.56. The lowest BCUT2D eigenvalue weighted by atomic mass is 10.3. The summed E-state index contributed by atoms with van der Waals surface area (Å²) < 4.78 is 12.0. The molecular weight excluding hydrogens is 358 g/mol. The van der Waals surface area contributed by atoms with Crippen LogP contribution in [-0.2, 0) is 11.1 Å². The highest BCUT2D eigenvalue weighted by molar-refractivity contribution is 8.33. The van der Waals surface area contributed by atoms with Crippen molar-refractivity contribution in [3.63, 3.8) is 0 Å². The summed E-state index contributed by atoms with van der Waals surface area (Å²) in [4.78, 5) is 6.31. The lowest BCUT2D eigenvalue weighted by Gasteiger charge is -2.30. The molecule has 5 nitrogen and oxygen atoms in total. The zero-order valence-corrected chi connectivity index (χ0v) is 17.1. The number of hydrogen-bond acceptors (Lipinski definition) is 6. The summed E-state index contributed by atoms with van der Waals surface area (Å²) in [6.07, 6.45) is 0. The fraction of sp³-hybridized carbons (Fsp3) is 0.769. The lowest BCUT2D eigenvalue weighted by Crippen LogP contribution is -2.38. The SMILES string of the molecule is CCN(CC)C(=S)SC1=NS(N(C(C)C)C(C)C)=NC(Cl)=N1. The second-order valence-electron chi connectivity index (χ2n) is 5.18. The number of halogens is 1. The monoisotopic (exact) mass is 381 g/mol. The molecule has 1 aliphatic heterocycles. The van der Waals surface area contributed by atoms with E-state index in [4.69, 9.17) is 23.8 Å². The van der Waals surface area contributed by atoms with E-state index in [0.717, 1.165) is 17.4 Å². The van der Waals surface area contributed by atoms with Crippen LogP contribution in [0, 0.1) is 0 Å². The largest absolute Gasteiger partial charge is 0.358 e. The van der Waals surface area contributed by atoms with Gasteiger partial charge in [-0.15, -0.1) is 0 Å². The van der Waals surface area contributed by atoms with Crippen LogP contribution in [0.1, 0.15) is 41.5 Å². The number of thioether (sulfide) groups is 1. The molecule has 1 aliphatic rings. The maximum absolute atomic E-state index is 6.10. The van der Waals surface area contributed by atoms with Crippen LogP contribution in [0.15, 0.2) is 13.8 Å². The number of aliphatic imine (C=N–C) groups is 1. The molecule has 0 saturated carbocycles. The summed E-state index contributed by atoms with van der Waals surface area (Å²) in [5.41, 5.74) is 0. The van der Waals surface area contributed by atoms with E-state index in [-0.39, 0.29) is 5.29 Å². The van der Waals surface area contributed by atoms with Crippen LogP contribution >= 0.6 is 35.6 Å². The minimum absolute atomic E-state index is 0.245. The third-order valence-electron chi connectivity index (χ3n) is 2.91. The Labute approximate surface area is 151 Å². The highest BCUT2D eigenvalue weighted by atomic mass is 35.5. The third-order valence-corrected chi connectivity index (χ3v) is 6.50. The first kappa shape index (κ1) is 20.0. The fourth-order valence-electron chi connectivity index (χ4n) is 2.01. The van der Waals surface area contributed by atoms with Gasteiger partial charge in [-0.3, -0.25) is 0 Å². The minimum atomic E-state index is -0.652. The van der Waals surface area contributed by atoms with Crippen LogP contribution in [0.5, 0.6) is 0 Å². The number of hydrogen-bond donors (Lipinski definition) is 0. The Balaban J connectivity index is 2.99. The van der Waals surface area contributed by atoms with Gasteiger partial charge in [-0.2, -0.15) is 13.8 Å². The zero-order chi connectivity index (χ0) is 16.9. The van der Waals surface area contributed by atoms with Crippen molar-refractivity contribution in [2.24, 2.45) is 13.8 Å². The van der Waals surface area contributed by atoms with Gasteiger partial charge in [0.1, 0.15) is 15.4 Å². The van der Waals surface area contributed by atoms with Crippen molar-refractivity contribution in [1.29, 1.82) is 0 Å². The van der Waals surface area contributed by atoms with Gasteiger partial charge >= 0.3 is 0 Å². The van der Waals surface area contributed by atoms with Crippen LogP contribution in [0.2, 0.25) is 0 Å². The molecule has 0 aromatic heterocycles. The maximum Gasteiger partial charge on any atom is 0.233 e. The second kappa shape index (κ2) is 9.32. The Bertz CT molecular complexity index is 490. The molecule has 1 atom stereocenters. The Hall–Kier alpha value is -0.0200. The van der Waals surface area contributed by atoms with Crippen LogP contribution in [-0.4, -0.2) is 49.2 Å². The molecule has 22 heavy (non-hydrogen) atoms. The molecule has 0 aromatic carbocycles. The molecular formula is C13H24ClN5S3. The van der Waals surface area contributed by atoms with Crippen LogP contribution < -0.4 is 0 Å². The van der Waals surface area contributed by atoms with Gasteiger partial charge in [-0.05, 0) is 64.9 Å². The molecule has 0 saturated heterocycles. The van der Waals surface area contributed by atoms with Gasteiger partial charge in [0.25, 0.3) is 0 Å². The van der Waals surface area contributed by atoms with E-state index in [1.54, 1.807) is 0 Å². The number of thiocarbonyl (C=S) groups is 1. The van der Waals surface area contributed by atoms with Crippen molar-refractivity contribution in [3.8, 4) is 0 Å². The van der Waals surface area contributed by atoms with E-state index in [1.165, 1.54) is 11.8 Å². The average molecular weight is 382 g/mol. The molecule has 9 heteroatoms. The molecule has 1 unspecified atom stereocenters. The highest BCUT2D eigenvalue weighted by Crippen LogP contribution is 2.21. The molecule has 0 bridgehead atoms. The van der Waals surface area contributed by atoms with Gasteiger partial charge in [0.2, 0.25) is 10.5 Å². The molecule has 1 heterocycles. The summed E-state index contributed by atoms with van der Waals surface area (Å²) >= 11 is 12.3. The van der Waals surface area contributed by atoms with Crippen molar-refractivity contribution in [2.45, 2.75) is 53.6 Å². The van der Waals surface area contributed by atoms with Crippen molar-refractivity contribution in [1.82, 2.24) is 9.21 Å². The van der Waals surface area contributed by atoms with E-state index < -0.39 is 11.1 Å². The first-order chi connectivity index (χ1) is 10.3. The van der Waals surface area contributed by atoms with Crippen LogP contribution in [0.25, 0.3) is 0 Å². The molecule has 0 spiro atoms. The Morgan fingerprint density at radius 2 is 1.77 bits per heavy atom. The van der Waals surface area contributed by atoms with Gasteiger partial charge < -0.3 is 4.90 Å². The minimum Gasteiger partial charge on any atom is -0.358 e. The second-order valence-corrected chi connectivity index (χ2v) is 8.39. The number of nitrogens with zero attached hydrogens (tertiary/aromatic N) is 5. The van der Waals surface area contributed by atoms with Gasteiger partial charge in [0, 0.05) is 25.2 Å². The summed E-state index contributed by atoms with van der Waals surface area (Å²) in [7, 11) is 0. The normalized spacial score (nSPS) is 18.4. The molecule has 0 radical (unpaired) electrons. The maximum atomic E-state index is 6.10. The van der Waals surface area contributed by atoms with Crippen LogP contribution in [0.4, 0.5) is 0 Å². The Kier molecular flexibility index (Phi) is 8.48. The molecule has 0 aliphatic carbocycles. The standard InChI is InChI=1S/C13H24ClN5S3/c1-7-18(8-2)13(20)21-12-15-11(14)16-22(17-12)19(9(3)4)10(5)6/h9-10H,7-8H2,1-6H3. The van der Waals surface area contributed by atoms with Crippen LogP contribution in [0.3, 0.4) is 0 Å². The number of amidine groups is 2. The summed E-state index contributed by atoms with van der Waals surface area (Å²) in [6, 6.07) is 0.638. The van der Waals surface area contributed by atoms with Crippen molar-refractivity contribution in [3.05, 3.63) is 0 Å². The highest BCUT2D eigenvalue weighted by Gasteiger charge is 2.23. The van der Waals surface area contributed by atoms with Gasteiger partial charge in [0.15, 0.2) is 0 Å². The Morgan fingerprint density at radius 3 is 2.23 bits per heavy atom. The van der Waals surface area contributed by atoms with Crippen molar-refractivity contribution < 1.29 is 0 Å². The zero-order valence-electron chi connectivity index (χ0n) is 13.9. The smallest absolute Gasteiger partial charge is 0.233 e. The van der Waals surface area contributed by atoms with Gasteiger partial charge in [-0.25, -0.2) is 4.31 Å². The molecule has 126 valence electrons. The predicted octanol–water partition coefficient (Wildman–Crippen LogP) is 4.06. The Morgan fingerprint density at radius 1 is 1.23 bits per heavy atom. The fourth-order valence-corrected chi connectivity index (χ4v) is 5.17. The van der Waals surface area contributed by atoms with E-state index in [0.29, 0.717) is 17.3 Å². The number of rotatable bonds is 5. The summed E-state index contributed by atoms with van der Waals surface area (Å²) in [5, 5.41) is 0.834. The first-order valence-corrected chi connectivity index (χ1v) is 10.0.